The summed E-state index contributed by atoms with van der Waals surface area (Å²) >= 11 is 6.22. The molecule has 2 heterocycles. The van der Waals surface area contributed by atoms with Crippen LogP contribution < -0.4 is 15.6 Å². The maximum absolute atomic E-state index is 13.5. The van der Waals surface area contributed by atoms with Crippen LogP contribution >= 0.6 is 11.6 Å². The Balaban J connectivity index is 1.73. The lowest BCUT2D eigenvalue weighted by Gasteiger charge is -2.25. The van der Waals surface area contributed by atoms with Crippen LogP contribution in [0.25, 0.3) is 22.0 Å². The number of carboxylic acid groups (broad SMARTS) is 1. The second kappa shape index (κ2) is 11.6. The van der Waals surface area contributed by atoms with E-state index in [4.69, 9.17) is 21.1 Å². The first kappa shape index (κ1) is 27.7. The molecule has 0 aliphatic heterocycles. The smallest absolute Gasteiger partial charge is 0.352 e. The number of ketones is 1. The number of nitrogens with one attached hydrogen (secondary N) is 2. The van der Waals surface area contributed by atoms with Crippen molar-refractivity contribution in [3.63, 3.8) is 0 Å². The number of nitrogens with zero attached hydrogens (tertiary/aromatic N) is 1. The first-order valence-electron chi connectivity index (χ1n) is 12.0. The Hall–Kier alpha value is -4.34. The number of allylic oxidation sites excluding steroid dienone is 1. The number of Topliss-reactive ketones (excluding diaryl/α,β-unsaturated/α-hetero) is 1. The highest BCUT2D eigenvalue weighted by molar-refractivity contribution is 6.31. The van der Waals surface area contributed by atoms with Gasteiger partial charge in [0.05, 0.1) is 19.3 Å². The SMILES string of the molecule is C=C(Nc1ccc2[nH]c(C(=O)O)cc2c1)C(CCOC)n1cc(OC)c(-c2cc(Cl)ccc2C(C)=O)cc1=O. The molecule has 2 aromatic carbocycles. The summed E-state index contributed by atoms with van der Waals surface area (Å²) in [7, 11) is 3.06. The molecule has 0 radical (unpaired) electrons. The summed E-state index contributed by atoms with van der Waals surface area (Å²) in [5.74, 6) is -0.836. The number of carbonyl (C=O) groups is 2. The van der Waals surface area contributed by atoms with E-state index in [-0.39, 0.29) is 17.0 Å². The zero-order valence-electron chi connectivity index (χ0n) is 21.7. The molecule has 0 saturated carbocycles. The maximum atomic E-state index is 13.5. The van der Waals surface area contributed by atoms with Crippen LogP contribution in [0.1, 0.15) is 40.2 Å². The van der Waals surface area contributed by atoms with Gasteiger partial charge < -0.3 is 29.4 Å². The van der Waals surface area contributed by atoms with Crippen LogP contribution in [0.15, 0.2) is 71.8 Å². The van der Waals surface area contributed by atoms with E-state index in [1.54, 1.807) is 55.8 Å². The second-order valence-electron chi connectivity index (χ2n) is 8.98. The summed E-state index contributed by atoms with van der Waals surface area (Å²) in [6, 6.07) is 12.7. The first-order chi connectivity index (χ1) is 18.6. The van der Waals surface area contributed by atoms with Gasteiger partial charge in [0.25, 0.3) is 5.56 Å². The highest BCUT2D eigenvalue weighted by Crippen LogP contribution is 2.35. The number of anilines is 1. The Morgan fingerprint density at radius 2 is 1.90 bits per heavy atom. The maximum Gasteiger partial charge on any atom is 0.352 e. The molecule has 9 nitrogen and oxygen atoms in total. The van der Waals surface area contributed by atoms with Crippen LogP contribution in [0.4, 0.5) is 5.69 Å². The van der Waals surface area contributed by atoms with E-state index in [0.29, 0.717) is 62.8 Å². The standard InChI is InChI=1S/C29H28ClN3O6/c1-16(31-20-6-8-24-18(11-20)12-25(32-24)29(36)37)26(9-10-38-3)33-15-27(39-4)23(14-28(33)35)22-13-19(30)5-7-21(22)17(2)34/h5-8,11-15,26,31-32H,1,9-10H2,2-4H3,(H,36,37). The van der Waals surface area contributed by atoms with Gasteiger partial charge in [0.2, 0.25) is 0 Å². The Labute approximate surface area is 229 Å². The third-order valence-electron chi connectivity index (χ3n) is 6.40. The van der Waals surface area contributed by atoms with Gasteiger partial charge in [-0.15, -0.1) is 0 Å². The summed E-state index contributed by atoms with van der Waals surface area (Å²) < 4.78 is 12.4. The van der Waals surface area contributed by atoms with E-state index >= 15 is 0 Å². The van der Waals surface area contributed by atoms with Crippen molar-refractivity contribution < 1.29 is 24.2 Å². The van der Waals surface area contributed by atoms with Crippen LogP contribution in [0.5, 0.6) is 5.75 Å². The molecule has 0 bridgehead atoms. The Kier molecular flexibility index (Phi) is 8.23. The number of benzene rings is 2. The molecular weight excluding hydrogens is 522 g/mol. The van der Waals surface area contributed by atoms with Crippen molar-refractivity contribution in [2.24, 2.45) is 0 Å². The number of carboxylic acids is 1. The van der Waals surface area contributed by atoms with Crippen molar-refractivity contribution in [1.29, 1.82) is 0 Å². The van der Waals surface area contributed by atoms with E-state index in [1.807, 2.05) is 0 Å². The number of aromatic nitrogens is 2. The van der Waals surface area contributed by atoms with Crippen molar-refractivity contribution in [2.45, 2.75) is 19.4 Å². The van der Waals surface area contributed by atoms with Gasteiger partial charge in [0.15, 0.2) is 5.78 Å². The number of hydrogen-bond acceptors (Lipinski definition) is 6. The molecule has 2 aromatic heterocycles. The van der Waals surface area contributed by atoms with Gasteiger partial charge in [0.1, 0.15) is 11.4 Å². The minimum Gasteiger partial charge on any atom is -0.495 e. The summed E-state index contributed by atoms with van der Waals surface area (Å²) in [5, 5.41) is 13.6. The molecule has 0 saturated heterocycles. The number of halogens is 1. The van der Waals surface area contributed by atoms with E-state index in [2.05, 4.69) is 16.9 Å². The third-order valence-corrected chi connectivity index (χ3v) is 6.64. The van der Waals surface area contributed by atoms with Gasteiger partial charge in [-0.05, 0) is 61.4 Å². The Morgan fingerprint density at radius 3 is 2.56 bits per heavy atom. The van der Waals surface area contributed by atoms with Gasteiger partial charge in [-0.3, -0.25) is 9.59 Å². The largest absolute Gasteiger partial charge is 0.495 e. The van der Waals surface area contributed by atoms with Crippen molar-refractivity contribution in [3.8, 4) is 16.9 Å². The molecule has 1 unspecified atom stereocenters. The third kappa shape index (κ3) is 5.89. The van der Waals surface area contributed by atoms with Crippen molar-refractivity contribution in [2.75, 3.05) is 26.1 Å². The molecule has 10 heteroatoms. The molecule has 0 spiro atoms. The number of fused-ring (bicyclic) bond motifs is 1. The predicted octanol–water partition coefficient (Wildman–Crippen LogP) is 5.76. The average Bonchev–Trinajstić information content (AvgIpc) is 3.33. The molecule has 3 N–H and O–H groups in total. The monoisotopic (exact) mass is 549 g/mol. The number of H-pyrrole nitrogens is 1. The summed E-state index contributed by atoms with van der Waals surface area (Å²) in [6.07, 6.45) is 2.01. The van der Waals surface area contributed by atoms with Crippen LogP contribution in [-0.4, -0.2) is 47.2 Å². The molecule has 0 amide bonds. The van der Waals surface area contributed by atoms with Crippen LogP contribution in [0.3, 0.4) is 0 Å². The number of carbonyl (C=O) groups excluding carboxylic acids is 1. The van der Waals surface area contributed by atoms with Crippen molar-refractivity contribution in [1.82, 2.24) is 9.55 Å². The molecule has 0 aliphatic rings. The molecule has 4 rings (SSSR count). The minimum absolute atomic E-state index is 0.0883. The summed E-state index contributed by atoms with van der Waals surface area (Å²) in [4.78, 5) is 39.9. The minimum atomic E-state index is -1.05. The fourth-order valence-corrected chi connectivity index (χ4v) is 4.67. The summed E-state index contributed by atoms with van der Waals surface area (Å²) in [5.41, 5.74) is 2.99. The lowest BCUT2D eigenvalue weighted by atomic mass is 9.97. The van der Waals surface area contributed by atoms with E-state index in [1.165, 1.54) is 24.7 Å². The zero-order chi connectivity index (χ0) is 28.3. The van der Waals surface area contributed by atoms with Crippen LogP contribution in [-0.2, 0) is 4.74 Å². The molecule has 39 heavy (non-hydrogen) atoms. The number of methoxy groups -OCH3 is 2. The van der Waals surface area contributed by atoms with Crippen molar-refractivity contribution in [3.05, 3.63) is 93.6 Å². The number of rotatable bonds is 11. The normalized spacial score (nSPS) is 11.8. The highest BCUT2D eigenvalue weighted by atomic mass is 35.5. The van der Waals surface area contributed by atoms with Gasteiger partial charge in [0, 0.05) is 58.2 Å². The highest BCUT2D eigenvalue weighted by Gasteiger charge is 2.22. The number of hydrogen-bond donors (Lipinski definition) is 3. The van der Waals surface area contributed by atoms with Crippen molar-refractivity contribution >= 4 is 39.9 Å². The predicted molar refractivity (Wildman–Crippen MR) is 151 cm³/mol. The average molecular weight is 550 g/mol. The molecule has 0 fully saturated rings. The van der Waals surface area contributed by atoms with E-state index in [9.17, 15) is 19.5 Å². The lowest BCUT2D eigenvalue weighted by Crippen LogP contribution is -2.28. The first-order valence-corrected chi connectivity index (χ1v) is 12.4. The van der Waals surface area contributed by atoms with Gasteiger partial charge >= 0.3 is 5.97 Å². The molecule has 202 valence electrons. The number of pyridine rings is 1. The van der Waals surface area contributed by atoms with E-state index in [0.717, 1.165) is 0 Å². The van der Waals surface area contributed by atoms with Gasteiger partial charge in [-0.25, -0.2) is 4.79 Å². The molecular formula is C29H28ClN3O6. The van der Waals surface area contributed by atoms with Gasteiger partial charge in [-0.1, -0.05) is 18.2 Å². The van der Waals surface area contributed by atoms with Crippen LogP contribution in [0.2, 0.25) is 5.02 Å². The second-order valence-corrected chi connectivity index (χ2v) is 9.42. The summed E-state index contributed by atoms with van der Waals surface area (Å²) in [6.45, 7) is 5.99. The topological polar surface area (TPSA) is 123 Å². The van der Waals surface area contributed by atoms with E-state index < -0.39 is 12.0 Å². The fraction of sp³-hybridized carbons (Fsp3) is 0.207. The number of ether oxygens (including phenoxy) is 2. The Morgan fingerprint density at radius 1 is 1.13 bits per heavy atom. The molecule has 4 aromatic rings. The molecule has 0 aliphatic carbocycles. The lowest BCUT2D eigenvalue weighted by molar-refractivity contribution is 0.0691. The van der Waals surface area contributed by atoms with Crippen LogP contribution in [0, 0.1) is 0 Å². The van der Waals surface area contributed by atoms with Gasteiger partial charge in [-0.2, -0.15) is 0 Å². The fourth-order valence-electron chi connectivity index (χ4n) is 4.50. The zero-order valence-corrected chi connectivity index (χ0v) is 22.5. The molecule has 1 atom stereocenters. The Bertz CT molecular complexity index is 1640. The number of aromatic carboxylic acids is 1. The quantitative estimate of drug-likeness (QED) is 0.203. The number of aromatic amines is 1.